The van der Waals surface area contributed by atoms with Gasteiger partial charge in [-0.1, -0.05) is 95.1 Å². The maximum atomic E-state index is 12.2. The average molecular weight is 1380 g/mol. The van der Waals surface area contributed by atoms with Crippen LogP contribution in [0, 0.1) is 0 Å². The van der Waals surface area contributed by atoms with E-state index in [9.17, 15) is 32.7 Å². The van der Waals surface area contributed by atoms with Crippen molar-refractivity contribution in [3.05, 3.63) is 108 Å². The number of aliphatic hydroxyl groups excluding tert-OH is 3. The molecule has 0 aliphatic carbocycles. The number of benzene rings is 3. The van der Waals surface area contributed by atoms with E-state index < -0.39 is 65.7 Å². The molecule has 0 bridgehead atoms. The fraction of sp³-hybridized carbons (Fsp3) is 0.686. The number of hydrogen-bond donors (Lipinski definition) is 4. The highest BCUT2D eigenvalue weighted by molar-refractivity contribution is 7.85. The van der Waals surface area contributed by atoms with Crippen LogP contribution in [-0.4, -0.2) is 251 Å². The summed E-state index contributed by atoms with van der Waals surface area (Å²) >= 11 is 0. The number of nitrogens with zero attached hydrogens (tertiary/aromatic N) is 2. The number of ether oxygens (including phenoxy) is 11. The molecule has 0 aliphatic heterocycles. The van der Waals surface area contributed by atoms with Crippen molar-refractivity contribution < 1.29 is 104 Å². The normalized spacial score (nSPS) is 13.0. The van der Waals surface area contributed by atoms with Crippen molar-refractivity contribution in [1.82, 2.24) is 9.80 Å². The van der Waals surface area contributed by atoms with Crippen LogP contribution >= 0.6 is 0 Å². The summed E-state index contributed by atoms with van der Waals surface area (Å²) in [5.74, 6) is -1.12. The molecule has 0 saturated heterocycles. The molecule has 0 spiro atoms. The lowest BCUT2D eigenvalue weighted by atomic mass is 10.1. The fourth-order valence-corrected chi connectivity index (χ4v) is 9.08. The number of carbonyl (C=O) groups excluding carboxylic acids is 4. The minimum atomic E-state index is -3.16. The maximum absolute atomic E-state index is 12.2. The Labute approximate surface area is 570 Å². The molecule has 0 saturated carbocycles. The van der Waals surface area contributed by atoms with Crippen molar-refractivity contribution in [3.8, 4) is 0 Å². The molecule has 0 radical (unpaired) electrons. The minimum Gasteiger partial charge on any atom is -0.453 e. The van der Waals surface area contributed by atoms with Gasteiger partial charge in [-0.3, -0.25) is 4.18 Å². The molecule has 3 aromatic carbocycles. The number of esters is 3. The summed E-state index contributed by atoms with van der Waals surface area (Å²) in [4.78, 5) is 52.3. The summed E-state index contributed by atoms with van der Waals surface area (Å²) in [7, 11) is 16.6. The van der Waals surface area contributed by atoms with Crippen molar-refractivity contribution in [1.29, 1.82) is 0 Å². The van der Waals surface area contributed by atoms with Gasteiger partial charge in [-0.25, -0.2) is 14.4 Å². The smallest absolute Gasteiger partial charge is 0.338 e. The van der Waals surface area contributed by atoms with Gasteiger partial charge in [0.05, 0.1) is 50.2 Å². The maximum Gasteiger partial charge on any atom is 0.338 e. The number of unbranched alkanes of at least 4 members (excludes halogenated alkanes) is 2. The monoisotopic (exact) mass is 1370 g/mol. The Morgan fingerprint density at radius 1 is 0.463 bits per heavy atom. The summed E-state index contributed by atoms with van der Waals surface area (Å²) < 4.78 is 81.2. The number of methoxy groups -OCH3 is 8. The highest BCUT2D eigenvalue weighted by Gasteiger charge is 2.28. The van der Waals surface area contributed by atoms with Gasteiger partial charge in [0.1, 0.15) is 18.5 Å². The topological polar surface area (TPSA) is 285 Å². The highest BCUT2D eigenvalue weighted by atomic mass is 32.2. The zero-order valence-corrected chi connectivity index (χ0v) is 61.3. The van der Waals surface area contributed by atoms with Gasteiger partial charge >= 0.3 is 17.9 Å². The van der Waals surface area contributed by atoms with Crippen LogP contribution in [0.25, 0.3) is 0 Å². The molecule has 95 heavy (non-hydrogen) atoms. The van der Waals surface area contributed by atoms with Crippen LogP contribution in [-0.2, 0) is 71.2 Å². The number of aliphatic hydroxyl groups is 3. The van der Waals surface area contributed by atoms with E-state index in [4.69, 9.17) is 62.3 Å². The molecule has 0 aromatic heterocycles. The van der Waals surface area contributed by atoms with Gasteiger partial charge in [-0.15, -0.1) is 0 Å². The molecule has 3 rings (SSSR count). The van der Waals surface area contributed by atoms with E-state index in [0.717, 1.165) is 110 Å². The molecule has 25 heteroatoms. The first kappa shape index (κ1) is 94.3. The first-order chi connectivity index (χ1) is 45.5. The summed E-state index contributed by atoms with van der Waals surface area (Å²) in [5, 5.41) is 27.5. The van der Waals surface area contributed by atoms with E-state index in [0.29, 0.717) is 55.1 Å². The van der Waals surface area contributed by atoms with E-state index in [1.54, 1.807) is 91.2 Å². The van der Waals surface area contributed by atoms with Crippen LogP contribution in [0.2, 0.25) is 0 Å². The zero-order chi connectivity index (χ0) is 72.2. The van der Waals surface area contributed by atoms with Crippen LogP contribution in [0.1, 0.15) is 155 Å². The predicted molar refractivity (Wildman–Crippen MR) is 369 cm³/mol. The lowest BCUT2D eigenvalue weighted by Gasteiger charge is -2.25. The third-order valence-corrected chi connectivity index (χ3v) is 14.8. The molecule has 6 atom stereocenters. The van der Waals surface area contributed by atoms with Gasteiger partial charge in [-0.05, 0) is 160 Å². The summed E-state index contributed by atoms with van der Waals surface area (Å²) in [6, 6.07) is 26.7. The van der Waals surface area contributed by atoms with Gasteiger partial charge in [0.15, 0.2) is 43.5 Å². The zero-order valence-electron chi connectivity index (χ0n) is 60.5. The molecule has 6 unspecified atom stereocenters. The Bertz CT molecular complexity index is 2340. The van der Waals surface area contributed by atoms with Gasteiger partial charge in [0.25, 0.3) is 10.1 Å². The Morgan fingerprint density at radius 2 is 0.800 bits per heavy atom. The summed E-state index contributed by atoms with van der Waals surface area (Å²) in [6.45, 7) is 15.0. The molecular formula is C70H124N3O21S+. The second kappa shape index (κ2) is 62.6. The largest absolute Gasteiger partial charge is 0.453 e. The second-order valence-corrected chi connectivity index (χ2v) is 24.0. The SMILES string of the molecule is CCCCCC(OC(=O)c1ccccc1)C(OC)OC.CCCN(C)CCCC(O)C(OC)OC.CCCN(C)CCCC(OC(=O)c1ccccc1)C(OC)OC.CCC[NH+](C)CCCC(O)C=O.COC(OC)C(CCCO)OC(=O)c1ccccc1.COS(C)(=O)=O. The van der Waals surface area contributed by atoms with Crippen molar-refractivity contribution in [2.45, 2.75) is 180 Å². The second-order valence-electron chi connectivity index (χ2n) is 22.3. The fourth-order valence-electron chi connectivity index (χ4n) is 9.08. The van der Waals surface area contributed by atoms with E-state index in [2.05, 4.69) is 62.8 Å². The molecule has 24 nitrogen and oxygen atoms in total. The van der Waals surface area contributed by atoms with Gasteiger partial charge in [0, 0.05) is 63.5 Å². The Kier molecular flexibility index (Phi) is 62.1. The number of aldehydes is 1. The lowest BCUT2D eigenvalue weighted by Crippen LogP contribution is -3.08. The summed E-state index contributed by atoms with van der Waals surface area (Å²) in [5.41, 5.74) is 1.55. The Hall–Kier alpha value is -4.91. The number of carbonyl (C=O) groups is 4. The molecule has 3 aromatic rings. The van der Waals surface area contributed by atoms with E-state index in [1.807, 2.05) is 42.5 Å². The van der Waals surface area contributed by atoms with Crippen molar-refractivity contribution >= 4 is 34.3 Å². The third kappa shape index (κ3) is 50.1. The van der Waals surface area contributed by atoms with Crippen LogP contribution in [0.5, 0.6) is 0 Å². The molecule has 4 N–H and O–H groups in total. The highest BCUT2D eigenvalue weighted by Crippen LogP contribution is 2.18. The predicted octanol–water partition coefficient (Wildman–Crippen LogP) is 7.90. The van der Waals surface area contributed by atoms with Crippen LogP contribution in [0.3, 0.4) is 0 Å². The third-order valence-electron chi connectivity index (χ3n) is 14.1. The Morgan fingerprint density at radius 3 is 1.09 bits per heavy atom. The Balaban J connectivity index is -0.00000110. The first-order valence-electron chi connectivity index (χ1n) is 32.9. The molecule has 0 aliphatic rings. The quantitative estimate of drug-likeness (QED) is 0.0104. The van der Waals surface area contributed by atoms with E-state index >= 15 is 0 Å². The number of rotatable bonds is 45. The number of quaternary nitrogens is 1. The van der Waals surface area contributed by atoms with Crippen molar-refractivity contribution in [2.24, 2.45) is 0 Å². The number of nitrogens with one attached hydrogen (secondary N) is 1. The van der Waals surface area contributed by atoms with Crippen molar-refractivity contribution in [3.63, 3.8) is 0 Å². The van der Waals surface area contributed by atoms with E-state index in [-0.39, 0.29) is 24.6 Å². The van der Waals surface area contributed by atoms with Gasteiger partial charge in [-0.2, -0.15) is 8.42 Å². The first-order valence-corrected chi connectivity index (χ1v) is 34.7. The average Bonchev–Trinajstić information content (AvgIpc) is 1.24. The van der Waals surface area contributed by atoms with E-state index in [1.165, 1.54) is 25.5 Å². The summed E-state index contributed by atoms with van der Waals surface area (Å²) in [6.07, 6.45) is 9.92. The minimum absolute atomic E-state index is 0.0273. The van der Waals surface area contributed by atoms with Crippen LogP contribution in [0.4, 0.5) is 0 Å². The molecular weight excluding hydrogens is 1250 g/mol. The van der Waals surface area contributed by atoms with Crippen LogP contribution < -0.4 is 4.90 Å². The van der Waals surface area contributed by atoms with Crippen LogP contribution in [0.15, 0.2) is 91.0 Å². The van der Waals surface area contributed by atoms with Gasteiger partial charge in [0.2, 0.25) is 0 Å². The molecule has 0 heterocycles. The molecule has 550 valence electrons. The molecule has 0 amide bonds. The van der Waals surface area contributed by atoms with Crippen molar-refractivity contribution in [2.75, 3.05) is 137 Å². The lowest BCUT2D eigenvalue weighted by molar-refractivity contribution is -0.879. The number of hydrogen-bond acceptors (Lipinski definition) is 23. The molecule has 0 fully saturated rings. The standard InChI is InChI=1S/C18H29NO4.C16H24O4.C14H20O5.C11H25NO3.C9H19NO2.C2H6O3S/c1-5-13-19(2)14-9-12-16(18(21-3)22-4)23-17(20)15-10-7-6-8-11-15;1-4-5-7-12-14(16(18-2)19-3)20-15(17)13-10-8-6-9-11-13;1-17-14(18-2)12(9-6-10-15)19-13(16)11-7-4-3-5-8-11;1-5-8-12(2)9-6-7-10(13)11(14-3)15-4;1-3-6-10(2)7-4-5-9(12)8-11;1-5-6(2,3)4/h6-8,10-11,16,18H,5,9,12-14H2,1-4H3;6,8-11,14,16H,4-5,7,12H2,1-3H3;3-5,7-8,12,14-15H,6,9-10H2,1-2H3;10-11,13H,5-9H2,1-4H3;8-9,12H,3-7H2,1-2H3;1-2H3/p+1. The van der Waals surface area contributed by atoms with Gasteiger partial charge < -0.3 is 86.9 Å².